The predicted molar refractivity (Wildman–Crippen MR) is 72.4 cm³/mol. The molecule has 1 amide bonds. The van der Waals surface area contributed by atoms with E-state index in [1.807, 2.05) is 13.8 Å². The maximum atomic E-state index is 11.9. The first kappa shape index (κ1) is 17.8. The minimum Gasteiger partial charge on any atom is -0.389 e. The van der Waals surface area contributed by atoms with Gasteiger partial charge in [-0.2, -0.15) is 5.26 Å². The van der Waals surface area contributed by atoms with E-state index in [1.165, 1.54) is 7.11 Å². The monoisotopic (exact) mass is 271 g/mol. The Hall–Kier alpha value is -1.16. The van der Waals surface area contributed by atoms with Crippen LogP contribution < -0.4 is 5.32 Å². The zero-order chi connectivity index (χ0) is 15.1. The number of nitrogens with zero attached hydrogens (tertiary/aromatic N) is 2. The van der Waals surface area contributed by atoms with Gasteiger partial charge >= 0.3 is 0 Å². The lowest BCUT2D eigenvalue weighted by atomic mass is 9.90. The first-order chi connectivity index (χ1) is 8.75. The highest BCUT2D eigenvalue weighted by Gasteiger charge is 2.30. The number of likely N-dealkylation sites (N-methyl/N-ethyl adjacent to an activating group) is 1. The normalized spacial score (nSPS) is 15.9. The van der Waals surface area contributed by atoms with Crippen LogP contribution >= 0.6 is 0 Å². The average molecular weight is 271 g/mol. The molecule has 0 bridgehead atoms. The Bertz CT molecular complexity index is 328. The van der Waals surface area contributed by atoms with Gasteiger partial charge in [-0.25, -0.2) is 0 Å². The molecule has 110 valence electrons. The van der Waals surface area contributed by atoms with Gasteiger partial charge < -0.3 is 15.2 Å². The highest BCUT2D eigenvalue weighted by atomic mass is 16.5. The summed E-state index contributed by atoms with van der Waals surface area (Å²) < 4.78 is 4.82. The standard InChI is InChI=1S/C13H25N3O3/c1-10(2)13(3,9-14)15-12(18)7-16(4)6-11(17)8-19-5/h10-11,17H,6-8H2,1-5H3,(H,15,18). The number of amides is 1. The molecular formula is C13H25N3O3. The largest absolute Gasteiger partial charge is 0.389 e. The Morgan fingerprint density at radius 3 is 2.58 bits per heavy atom. The number of methoxy groups -OCH3 is 1. The molecule has 0 aliphatic heterocycles. The smallest absolute Gasteiger partial charge is 0.235 e. The lowest BCUT2D eigenvalue weighted by Crippen LogP contribution is -2.52. The van der Waals surface area contributed by atoms with E-state index in [2.05, 4.69) is 11.4 Å². The summed E-state index contributed by atoms with van der Waals surface area (Å²) in [6.45, 7) is 6.17. The second-order valence-corrected chi connectivity index (χ2v) is 5.32. The lowest BCUT2D eigenvalue weighted by Gasteiger charge is -2.28. The number of aliphatic hydroxyl groups is 1. The van der Waals surface area contributed by atoms with E-state index < -0.39 is 11.6 Å². The Morgan fingerprint density at radius 2 is 2.16 bits per heavy atom. The third kappa shape index (κ3) is 6.53. The summed E-state index contributed by atoms with van der Waals surface area (Å²) in [4.78, 5) is 13.5. The molecule has 2 atom stereocenters. The maximum Gasteiger partial charge on any atom is 0.235 e. The van der Waals surface area contributed by atoms with E-state index in [0.29, 0.717) is 6.54 Å². The number of ether oxygens (including phenoxy) is 1. The number of rotatable bonds is 8. The molecule has 0 spiro atoms. The molecule has 0 aromatic carbocycles. The first-order valence-electron chi connectivity index (χ1n) is 6.33. The number of hydrogen-bond donors (Lipinski definition) is 2. The number of carbonyl (C=O) groups is 1. The topological polar surface area (TPSA) is 85.6 Å². The molecule has 0 heterocycles. The summed E-state index contributed by atoms with van der Waals surface area (Å²) in [6, 6.07) is 2.12. The maximum absolute atomic E-state index is 11.9. The SMILES string of the molecule is COCC(O)CN(C)CC(=O)NC(C)(C#N)C(C)C. The Morgan fingerprint density at radius 1 is 1.58 bits per heavy atom. The third-order valence-corrected chi connectivity index (χ3v) is 3.08. The van der Waals surface area contributed by atoms with Crippen LogP contribution in [0.25, 0.3) is 0 Å². The minimum absolute atomic E-state index is 0.0193. The van der Waals surface area contributed by atoms with Crippen LogP contribution in [0, 0.1) is 17.2 Å². The molecule has 0 aromatic heterocycles. The van der Waals surface area contributed by atoms with Crippen LogP contribution in [0.4, 0.5) is 0 Å². The summed E-state index contributed by atoms with van der Waals surface area (Å²) >= 11 is 0. The minimum atomic E-state index is -0.872. The molecule has 6 nitrogen and oxygen atoms in total. The fourth-order valence-electron chi connectivity index (χ4n) is 1.55. The van der Waals surface area contributed by atoms with Crippen molar-refractivity contribution in [2.75, 3.05) is 33.9 Å². The number of nitrogens with one attached hydrogen (secondary N) is 1. The van der Waals surface area contributed by atoms with Crippen molar-refractivity contribution in [2.24, 2.45) is 5.92 Å². The van der Waals surface area contributed by atoms with Gasteiger partial charge in [0.1, 0.15) is 5.54 Å². The molecule has 0 saturated carbocycles. The molecule has 0 fully saturated rings. The van der Waals surface area contributed by atoms with Gasteiger partial charge in [0.05, 0.1) is 25.3 Å². The fraction of sp³-hybridized carbons (Fsp3) is 0.846. The second kappa shape index (κ2) is 8.10. The number of aliphatic hydroxyl groups excluding tert-OH is 1. The van der Waals surface area contributed by atoms with Gasteiger partial charge in [0.25, 0.3) is 0 Å². The van der Waals surface area contributed by atoms with Crippen LogP contribution in [0.2, 0.25) is 0 Å². The zero-order valence-electron chi connectivity index (χ0n) is 12.4. The van der Waals surface area contributed by atoms with Gasteiger partial charge in [-0.1, -0.05) is 13.8 Å². The quantitative estimate of drug-likeness (QED) is 0.648. The van der Waals surface area contributed by atoms with E-state index in [1.54, 1.807) is 18.9 Å². The van der Waals surface area contributed by atoms with Crippen molar-refractivity contribution in [1.29, 1.82) is 5.26 Å². The zero-order valence-corrected chi connectivity index (χ0v) is 12.4. The molecule has 6 heteroatoms. The highest BCUT2D eigenvalue weighted by Crippen LogP contribution is 2.14. The Labute approximate surface area is 115 Å². The molecule has 0 saturated heterocycles. The molecule has 19 heavy (non-hydrogen) atoms. The number of hydrogen-bond acceptors (Lipinski definition) is 5. The highest BCUT2D eigenvalue weighted by molar-refractivity contribution is 5.79. The van der Waals surface area contributed by atoms with Crippen molar-refractivity contribution in [2.45, 2.75) is 32.4 Å². The summed E-state index contributed by atoms with van der Waals surface area (Å²) in [5.74, 6) is -0.212. The molecule has 2 N–H and O–H groups in total. The van der Waals surface area contributed by atoms with Crippen molar-refractivity contribution in [3.05, 3.63) is 0 Å². The van der Waals surface area contributed by atoms with E-state index in [9.17, 15) is 9.90 Å². The lowest BCUT2D eigenvalue weighted by molar-refractivity contribution is -0.123. The second-order valence-electron chi connectivity index (χ2n) is 5.32. The number of nitriles is 1. The summed E-state index contributed by atoms with van der Waals surface area (Å²) in [7, 11) is 3.24. The van der Waals surface area contributed by atoms with Gasteiger partial charge in [0.15, 0.2) is 0 Å². The van der Waals surface area contributed by atoms with Gasteiger partial charge in [-0.15, -0.1) is 0 Å². The molecule has 0 radical (unpaired) electrons. The molecule has 0 rings (SSSR count). The van der Waals surface area contributed by atoms with Crippen molar-refractivity contribution in [1.82, 2.24) is 10.2 Å². The van der Waals surface area contributed by atoms with E-state index in [4.69, 9.17) is 10.00 Å². The van der Waals surface area contributed by atoms with Crippen molar-refractivity contribution in [3.63, 3.8) is 0 Å². The van der Waals surface area contributed by atoms with Gasteiger partial charge in [0, 0.05) is 13.7 Å². The van der Waals surface area contributed by atoms with Gasteiger partial charge in [0.2, 0.25) is 5.91 Å². The van der Waals surface area contributed by atoms with E-state index in [0.717, 1.165) is 0 Å². The molecule has 0 aliphatic rings. The van der Waals surface area contributed by atoms with Crippen LogP contribution in [0.5, 0.6) is 0 Å². The van der Waals surface area contributed by atoms with E-state index in [-0.39, 0.29) is 25.0 Å². The van der Waals surface area contributed by atoms with Crippen LogP contribution in [0.1, 0.15) is 20.8 Å². The van der Waals surface area contributed by atoms with Gasteiger partial charge in [-0.05, 0) is 19.9 Å². The van der Waals surface area contributed by atoms with E-state index >= 15 is 0 Å². The first-order valence-corrected chi connectivity index (χ1v) is 6.33. The third-order valence-electron chi connectivity index (χ3n) is 3.08. The van der Waals surface area contributed by atoms with Gasteiger partial charge in [-0.3, -0.25) is 9.69 Å². The summed E-state index contributed by atoms with van der Waals surface area (Å²) in [6.07, 6.45) is -0.629. The Kier molecular flexibility index (Phi) is 7.61. The fourth-order valence-corrected chi connectivity index (χ4v) is 1.55. The van der Waals surface area contributed by atoms with Crippen molar-refractivity contribution in [3.8, 4) is 6.07 Å². The molecule has 0 aromatic rings. The number of carbonyl (C=O) groups excluding carboxylic acids is 1. The summed E-state index contributed by atoms with van der Waals surface area (Å²) in [5, 5.41) is 21.4. The molecule has 2 unspecified atom stereocenters. The van der Waals surface area contributed by atoms with Crippen LogP contribution in [0.3, 0.4) is 0 Å². The molecule has 0 aliphatic carbocycles. The van der Waals surface area contributed by atoms with Crippen LogP contribution in [0.15, 0.2) is 0 Å². The molecular weight excluding hydrogens is 246 g/mol. The Balaban J connectivity index is 4.28. The van der Waals surface area contributed by atoms with Crippen LogP contribution in [-0.2, 0) is 9.53 Å². The van der Waals surface area contributed by atoms with Crippen molar-refractivity contribution < 1.29 is 14.6 Å². The predicted octanol–water partition coefficient (Wildman–Crippen LogP) is -0.0200. The average Bonchev–Trinajstić information content (AvgIpc) is 2.27. The van der Waals surface area contributed by atoms with Crippen LogP contribution in [-0.4, -0.2) is 61.4 Å². The summed E-state index contributed by atoms with van der Waals surface area (Å²) in [5.41, 5.74) is -0.872. The van der Waals surface area contributed by atoms with Crippen molar-refractivity contribution >= 4 is 5.91 Å².